The third-order valence-corrected chi connectivity index (χ3v) is 6.82. The topological polar surface area (TPSA) is 54.3 Å². The maximum Gasteiger partial charge on any atom is 0.274 e. The highest BCUT2D eigenvalue weighted by molar-refractivity contribution is 7.22. The summed E-state index contributed by atoms with van der Waals surface area (Å²) in [6.07, 6.45) is 1.89. The van der Waals surface area contributed by atoms with Gasteiger partial charge in [0, 0.05) is 38.9 Å². The highest BCUT2D eigenvalue weighted by Gasteiger charge is 2.28. The highest BCUT2D eigenvalue weighted by atomic mass is 32.1. The van der Waals surface area contributed by atoms with Crippen LogP contribution in [0.4, 0.5) is 5.13 Å². The lowest BCUT2D eigenvalue weighted by Crippen LogP contribution is -2.45. The molecule has 3 heterocycles. The van der Waals surface area contributed by atoms with Gasteiger partial charge in [-0.3, -0.25) is 9.48 Å². The van der Waals surface area contributed by atoms with Crippen molar-refractivity contribution in [3.8, 4) is 0 Å². The number of carbonyl (C=O) groups excluding carboxylic acids is 1. The average molecular weight is 398 g/mol. The number of rotatable bonds is 3. The minimum absolute atomic E-state index is 0.00763. The summed E-state index contributed by atoms with van der Waals surface area (Å²) >= 11 is 1.77. The van der Waals surface area contributed by atoms with Crippen LogP contribution in [-0.4, -0.2) is 51.8 Å². The molecule has 4 rings (SSSR count). The molecular weight excluding hydrogens is 370 g/mol. The Kier molecular flexibility index (Phi) is 4.87. The molecule has 0 atom stereocenters. The monoisotopic (exact) mass is 397 g/mol. The predicted molar refractivity (Wildman–Crippen MR) is 114 cm³/mol. The number of fused-ring (bicyclic) bond motifs is 1. The first-order chi connectivity index (χ1) is 13.3. The van der Waals surface area contributed by atoms with Crippen LogP contribution in [0.5, 0.6) is 0 Å². The van der Waals surface area contributed by atoms with Gasteiger partial charge in [0.15, 0.2) is 10.8 Å². The van der Waals surface area contributed by atoms with E-state index < -0.39 is 0 Å². The quantitative estimate of drug-likeness (QED) is 0.676. The predicted octanol–water partition coefficient (Wildman–Crippen LogP) is 3.70. The van der Waals surface area contributed by atoms with Gasteiger partial charge in [0.25, 0.3) is 5.91 Å². The second-order valence-corrected chi connectivity index (χ2v) is 8.86. The Morgan fingerprint density at radius 3 is 2.54 bits per heavy atom. The minimum atomic E-state index is 0.00763. The third kappa shape index (κ3) is 3.39. The third-order valence-electron chi connectivity index (χ3n) is 5.75. The standard InChI is InChI=1S/C21H27N5OS/c1-13-10-14(2)19-18(11-13)28-21(22-19)26-8-6-16(7-9-26)24(4)20(27)17-12-15(3)25(5)23-17/h10-12,16H,6-9H2,1-5H3. The molecule has 0 saturated carbocycles. The zero-order valence-electron chi connectivity index (χ0n) is 17.2. The average Bonchev–Trinajstić information content (AvgIpc) is 3.24. The molecule has 0 bridgehead atoms. The summed E-state index contributed by atoms with van der Waals surface area (Å²) in [5, 5.41) is 5.43. The van der Waals surface area contributed by atoms with E-state index in [2.05, 4.69) is 36.0 Å². The number of hydrogen-bond donors (Lipinski definition) is 0. The van der Waals surface area contributed by atoms with Crippen molar-refractivity contribution in [2.45, 2.75) is 39.7 Å². The van der Waals surface area contributed by atoms with Crippen molar-refractivity contribution < 1.29 is 4.79 Å². The van der Waals surface area contributed by atoms with Gasteiger partial charge in [0.1, 0.15) is 0 Å². The Bertz CT molecular complexity index is 1010. The SMILES string of the molecule is Cc1cc(C)c2nc(N3CCC(N(C)C(=O)c4cc(C)n(C)n4)CC3)sc2c1. The van der Waals surface area contributed by atoms with Crippen LogP contribution in [0.3, 0.4) is 0 Å². The van der Waals surface area contributed by atoms with Crippen LogP contribution in [0.1, 0.15) is 40.2 Å². The van der Waals surface area contributed by atoms with E-state index in [9.17, 15) is 4.79 Å². The number of aromatic nitrogens is 3. The van der Waals surface area contributed by atoms with Crippen molar-refractivity contribution in [2.24, 2.45) is 7.05 Å². The minimum Gasteiger partial charge on any atom is -0.348 e. The van der Waals surface area contributed by atoms with Gasteiger partial charge in [-0.05, 0) is 56.9 Å². The molecular formula is C21H27N5OS. The van der Waals surface area contributed by atoms with Gasteiger partial charge in [-0.2, -0.15) is 5.10 Å². The lowest BCUT2D eigenvalue weighted by atomic mass is 10.0. The molecule has 0 N–H and O–H groups in total. The van der Waals surface area contributed by atoms with E-state index in [1.54, 1.807) is 16.0 Å². The van der Waals surface area contributed by atoms with Crippen molar-refractivity contribution in [3.63, 3.8) is 0 Å². The van der Waals surface area contributed by atoms with Crippen molar-refractivity contribution >= 4 is 32.6 Å². The summed E-state index contributed by atoms with van der Waals surface area (Å²) in [6, 6.07) is 6.51. The molecule has 1 aliphatic rings. The summed E-state index contributed by atoms with van der Waals surface area (Å²) in [4.78, 5) is 21.9. The van der Waals surface area contributed by atoms with E-state index in [0.717, 1.165) is 42.3 Å². The zero-order valence-corrected chi connectivity index (χ0v) is 18.0. The summed E-state index contributed by atoms with van der Waals surface area (Å²) in [6.45, 7) is 8.06. The van der Waals surface area contributed by atoms with Crippen LogP contribution >= 0.6 is 11.3 Å². The Labute approximate surface area is 169 Å². The molecule has 0 spiro atoms. The fourth-order valence-corrected chi connectivity index (χ4v) is 5.14. The zero-order chi connectivity index (χ0) is 20.0. The number of anilines is 1. The Morgan fingerprint density at radius 2 is 1.89 bits per heavy atom. The number of nitrogens with zero attached hydrogens (tertiary/aromatic N) is 5. The van der Waals surface area contributed by atoms with Crippen LogP contribution in [0.15, 0.2) is 18.2 Å². The molecule has 0 aliphatic carbocycles. The van der Waals surface area contributed by atoms with Crippen LogP contribution in [-0.2, 0) is 7.05 Å². The molecule has 1 amide bonds. The fraction of sp³-hybridized carbons (Fsp3) is 0.476. The van der Waals surface area contributed by atoms with Crippen molar-refractivity contribution in [3.05, 3.63) is 40.7 Å². The van der Waals surface area contributed by atoms with Gasteiger partial charge in [0.2, 0.25) is 0 Å². The summed E-state index contributed by atoms with van der Waals surface area (Å²) in [5.41, 5.74) is 5.16. The number of aryl methyl sites for hydroxylation is 4. The van der Waals surface area contributed by atoms with Gasteiger partial charge in [0.05, 0.1) is 10.2 Å². The van der Waals surface area contributed by atoms with Crippen LogP contribution < -0.4 is 4.90 Å². The molecule has 0 radical (unpaired) electrons. The van der Waals surface area contributed by atoms with Crippen LogP contribution in [0.2, 0.25) is 0 Å². The maximum absolute atomic E-state index is 12.8. The summed E-state index contributed by atoms with van der Waals surface area (Å²) in [7, 11) is 3.77. The highest BCUT2D eigenvalue weighted by Crippen LogP contribution is 2.33. The number of carbonyl (C=O) groups is 1. The lowest BCUT2D eigenvalue weighted by molar-refractivity contribution is 0.0702. The van der Waals surface area contributed by atoms with Gasteiger partial charge in [-0.15, -0.1) is 0 Å². The molecule has 1 aliphatic heterocycles. The fourth-order valence-electron chi connectivity index (χ4n) is 3.95. The Morgan fingerprint density at radius 1 is 1.18 bits per heavy atom. The molecule has 3 aromatic rings. The smallest absolute Gasteiger partial charge is 0.274 e. The number of piperidine rings is 1. The van der Waals surface area contributed by atoms with E-state index in [0.29, 0.717) is 5.69 Å². The summed E-state index contributed by atoms with van der Waals surface area (Å²) < 4.78 is 3.01. The van der Waals surface area contributed by atoms with Crippen molar-refractivity contribution in [2.75, 3.05) is 25.0 Å². The van der Waals surface area contributed by atoms with Gasteiger partial charge >= 0.3 is 0 Å². The van der Waals surface area contributed by atoms with E-state index in [1.807, 2.05) is 32.0 Å². The largest absolute Gasteiger partial charge is 0.348 e. The molecule has 1 aromatic carbocycles. The first-order valence-electron chi connectivity index (χ1n) is 9.74. The van der Waals surface area contributed by atoms with Crippen molar-refractivity contribution in [1.82, 2.24) is 19.7 Å². The van der Waals surface area contributed by atoms with Crippen LogP contribution in [0.25, 0.3) is 10.2 Å². The van der Waals surface area contributed by atoms with Crippen molar-refractivity contribution in [1.29, 1.82) is 0 Å². The second kappa shape index (κ2) is 7.20. The normalized spacial score (nSPS) is 15.4. The van der Waals surface area contributed by atoms with E-state index in [1.165, 1.54) is 15.8 Å². The summed E-state index contributed by atoms with van der Waals surface area (Å²) in [5.74, 6) is 0.00763. The molecule has 2 aromatic heterocycles. The number of amides is 1. The number of benzene rings is 1. The molecule has 0 unspecified atom stereocenters. The Balaban J connectivity index is 1.44. The molecule has 1 fully saturated rings. The van der Waals surface area contributed by atoms with Gasteiger partial charge in [-0.1, -0.05) is 17.4 Å². The molecule has 28 heavy (non-hydrogen) atoms. The van der Waals surface area contributed by atoms with E-state index in [4.69, 9.17) is 4.98 Å². The van der Waals surface area contributed by atoms with E-state index in [-0.39, 0.29) is 11.9 Å². The van der Waals surface area contributed by atoms with E-state index >= 15 is 0 Å². The Hall–Kier alpha value is -2.41. The lowest BCUT2D eigenvalue weighted by Gasteiger charge is -2.36. The molecule has 148 valence electrons. The van der Waals surface area contributed by atoms with Gasteiger partial charge < -0.3 is 9.80 Å². The number of thiazole rings is 1. The number of hydrogen-bond acceptors (Lipinski definition) is 5. The molecule has 6 nitrogen and oxygen atoms in total. The second-order valence-electron chi connectivity index (χ2n) is 7.85. The molecule has 7 heteroatoms. The first kappa shape index (κ1) is 18.9. The van der Waals surface area contributed by atoms with Gasteiger partial charge in [-0.25, -0.2) is 4.98 Å². The molecule has 1 saturated heterocycles. The maximum atomic E-state index is 12.8. The van der Waals surface area contributed by atoms with Crippen LogP contribution in [0, 0.1) is 20.8 Å². The first-order valence-corrected chi connectivity index (χ1v) is 10.6.